The lowest BCUT2D eigenvalue weighted by atomic mass is 9.79. The highest BCUT2D eigenvalue weighted by molar-refractivity contribution is 7.10. The lowest BCUT2D eigenvalue weighted by Crippen LogP contribution is -2.44. The maximum atomic E-state index is 10.9. The summed E-state index contributed by atoms with van der Waals surface area (Å²) in [5, 5.41) is 24.7. The van der Waals surface area contributed by atoms with Gasteiger partial charge in [-0.15, -0.1) is 11.3 Å². The van der Waals surface area contributed by atoms with E-state index in [4.69, 9.17) is 5.11 Å². The Balaban J connectivity index is 1.77. The van der Waals surface area contributed by atoms with Gasteiger partial charge in [-0.1, -0.05) is 0 Å². The summed E-state index contributed by atoms with van der Waals surface area (Å²) in [5.41, 5.74) is 0.538. The minimum atomic E-state index is -0.739. The first-order chi connectivity index (χ1) is 9.00. The second kappa shape index (κ2) is 6.03. The molecule has 1 saturated carbocycles. The zero-order valence-corrected chi connectivity index (χ0v) is 12.0. The van der Waals surface area contributed by atoms with Crippen molar-refractivity contribution in [2.45, 2.75) is 44.8 Å². The monoisotopic (exact) mass is 283 g/mol. The van der Waals surface area contributed by atoms with Crippen LogP contribution >= 0.6 is 11.3 Å². The Morgan fingerprint density at radius 3 is 2.74 bits per heavy atom. The van der Waals surface area contributed by atoms with Gasteiger partial charge in [-0.3, -0.25) is 4.79 Å². The van der Waals surface area contributed by atoms with Gasteiger partial charge in [-0.25, -0.2) is 0 Å². The fourth-order valence-electron chi connectivity index (χ4n) is 2.57. The van der Waals surface area contributed by atoms with E-state index in [-0.39, 0.29) is 5.92 Å². The second-order valence-electron chi connectivity index (χ2n) is 5.47. The van der Waals surface area contributed by atoms with Crippen molar-refractivity contribution in [1.29, 1.82) is 0 Å². The highest BCUT2D eigenvalue weighted by atomic mass is 32.1. The SMILES string of the molecule is Cc1ccsc1CNCC1(O)CCC(C(=O)O)CC1. The molecular weight excluding hydrogens is 262 g/mol. The van der Waals surface area contributed by atoms with Crippen LogP contribution in [0.1, 0.15) is 36.1 Å². The van der Waals surface area contributed by atoms with Gasteiger partial charge in [0, 0.05) is 18.0 Å². The van der Waals surface area contributed by atoms with Crippen molar-refractivity contribution >= 4 is 17.3 Å². The number of carbonyl (C=O) groups is 1. The van der Waals surface area contributed by atoms with Gasteiger partial charge < -0.3 is 15.5 Å². The fourth-order valence-corrected chi connectivity index (χ4v) is 3.45. The Morgan fingerprint density at radius 1 is 1.53 bits per heavy atom. The number of carboxylic acid groups (broad SMARTS) is 1. The first kappa shape index (κ1) is 14.5. The molecule has 1 fully saturated rings. The Bertz CT molecular complexity index is 436. The van der Waals surface area contributed by atoms with Crippen LogP contribution in [0.15, 0.2) is 11.4 Å². The van der Waals surface area contributed by atoms with Crippen LogP contribution in [0.5, 0.6) is 0 Å². The summed E-state index contributed by atoms with van der Waals surface area (Å²) in [6, 6.07) is 2.09. The van der Waals surface area contributed by atoms with Crippen molar-refractivity contribution in [3.63, 3.8) is 0 Å². The molecule has 106 valence electrons. The van der Waals surface area contributed by atoms with E-state index in [2.05, 4.69) is 23.7 Å². The largest absolute Gasteiger partial charge is 0.481 e. The standard InChI is InChI=1S/C14H21NO3S/c1-10-4-7-19-12(10)8-15-9-14(18)5-2-11(3-6-14)13(16)17/h4,7,11,15,18H,2-3,5-6,8-9H2,1H3,(H,16,17). The Morgan fingerprint density at radius 2 is 2.21 bits per heavy atom. The molecule has 1 aromatic heterocycles. The molecule has 4 nitrogen and oxygen atoms in total. The van der Waals surface area contributed by atoms with Crippen molar-refractivity contribution in [3.05, 3.63) is 21.9 Å². The Kier molecular flexibility index (Phi) is 4.60. The van der Waals surface area contributed by atoms with E-state index in [0.717, 1.165) is 6.54 Å². The zero-order chi connectivity index (χ0) is 13.9. The quantitative estimate of drug-likeness (QED) is 0.774. The molecule has 1 aromatic rings. The van der Waals surface area contributed by atoms with Crippen LogP contribution in [0.3, 0.4) is 0 Å². The lowest BCUT2D eigenvalue weighted by Gasteiger charge is -2.34. The molecule has 5 heteroatoms. The number of nitrogens with one attached hydrogen (secondary N) is 1. The van der Waals surface area contributed by atoms with Gasteiger partial charge in [0.2, 0.25) is 0 Å². The smallest absolute Gasteiger partial charge is 0.306 e. The molecule has 1 aliphatic rings. The highest BCUT2D eigenvalue weighted by Crippen LogP contribution is 2.32. The van der Waals surface area contributed by atoms with Crippen LogP contribution in [0, 0.1) is 12.8 Å². The second-order valence-corrected chi connectivity index (χ2v) is 6.47. The maximum Gasteiger partial charge on any atom is 0.306 e. The molecule has 0 aliphatic heterocycles. The van der Waals surface area contributed by atoms with Crippen molar-refractivity contribution in [1.82, 2.24) is 5.32 Å². The first-order valence-electron chi connectivity index (χ1n) is 6.69. The van der Waals surface area contributed by atoms with Crippen LogP contribution in [-0.2, 0) is 11.3 Å². The topological polar surface area (TPSA) is 69.6 Å². The maximum absolute atomic E-state index is 10.9. The number of hydrogen-bond donors (Lipinski definition) is 3. The number of carboxylic acids is 1. The number of aliphatic carboxylic acids is 1. The predicted molar refractivity (Wildman–Crippen MR) is 75.3 cm³/mol. The molecule has 0 atom stereocenters. The molecule has 0 saturated heterocycles. The van der Waals surface area contributed by atoms with Gasteiger partial charge in [0.1, 0.15) is 0 Å². The number of rotatable bonds is 5. The Labute approximate surface area is 117 Å². The predicted octanol–water partition coefficient (Wildman–Crippen LogP) is 2.15. The molecule has 0 unspecified atom stereocenters. The molecule has 1 heterocycles. The summed E-state index contributed by atoms with van der Waals surface area (Å²) in [6.07, 6.45) is 2.29. The Hall–Kier alpha value is -0.910. The van der Waals surface area contributed by atoms with Crippen molar-refractivity contribution in [2.75, 3.05) is 6.54 Å². The number of thiophene rings is 1. The summed E-state index contributed by atoms with van der Waals surface area (Å²) in [6.45, 7) is 3.39. The third kappa shape index (κ3) is 3.78. The molecule has 0 aromatic carbocycles. The van der Waals surface area contributed by atoms with E-state index < -0.39 is 11.6 Å². The molecule has 0 amide bonds. The minimum Gasteiger partial charge on any atom is -0.481 e. The van der Waals surface area contributed by atoms with Gasteiger partial charge in [0.25, 0.3) is 0 Å². The molecule has 19 heavy (non-hydrogen) atoms. The van der Waals surface area contributed by atoms with Crippen LogP contribution in [-0.4, -0.2) is 28.3 Å². The molecule has 0 spiro atoms. The van der Waals surface area contributed by atoms with Crippen molar-refractivity contribution < 1.29 is 15.0 Å². The summed E-state index contributed by atoms with van der Waals surface area (Å²) < 4.78 is 0. The highest BCUT2D eigenvalue weighted by Gasteiger charge is 2.35. The van der Waals surface area contributed by atoms with Gasteiger partial charge in [-0.05, 0) is 49.6 Å². The molecule has 3 N–H and O–H groups in total. The molecule has 0 bridgehead atoms. The van der Waals surface area contributed by atoms with Gasteiger partial charge in [0.15, 0.2) is 0 Å². The number of hydrogen-bond acceptors (Lipinski definition) is 4. The fraction of sp³-hybridized carbons (Fsp3) is 0.643. The molecule has 1 aliphatic carbocycles. The van der Waals surface area contributed by atoms with E-state index in [1.165, 1.54) is 10.4 Å². The van der Waals surface area contributed by atoms with Crippen LogP contribution in [0.25, 0.3) is 0 Å². The number of aliphatic hydroxyl groups is 1. The van der Waals surface area contributed by atoms with E-state index in [1.54, 1.807) is 11.3 Å². The van der Waals surface area contributed by atoms with Crippen molar-refractivity contribution in [3.8, 4) is 0 Å². The third-order valence-electron chi connectivity index (χ3n) is 3.97. The first-order valence-corrected chi connectivity index (χ1v) is 7.57. The van der Waals surface area contributed by atoms with Gasteiger partial charge >= 0.3 is 5.97 Å². The van der Waals surface area contributed by atoms with Crippen LogP contribution in [0.4, 0.5) is 0 Å². The third-order valence-corrected chi connectivity index (χ3v) is 5.00. The summed E-state index contributed by atoms with van der Waals surface area (Å²) in [4.78, 5) is 12.2. The summed E-state index contributed by atoms with van der Waals surface area (Å²) >= 11 is 1.72. The molecular formula is C14H21NO3S. The summed E-state index contributed by atoms with van der Waals surface area (Å²) in [5.74, 6) is -1.01. The van der Waals surface area contributed by atoms with Crippen molar-refractivity contribution in [2.24, 2.45) is 5.92 Å². The van der Waals surface area contributed by atoms with Crippen LogP contribution in [0.2, 0.25) is 0 Å². The van der Waals surface area contributed by atoms with E-state index in [0.29, 0.717) is 32.2 Å². The van der Waals surface area contributed by atoms with E-state index in [9.17, 15) is 9.90 Å². The molecule has 0 radical (unpaired) electrons. The minimum absolute atomic E-state index is 0.278. The summed E-state index contributed by atoms with van der Waals surface area (Å²) in [7, 11) is 0. The van der Waals surface area contributed by atoms with Crippen LogP contribution < -0.4 is 5.32 Å². The van der Waals surface area contributed by atoms with Gasteiger partial charge in [-0.2, -0.15) is 0 Å². The average Bonchev–Trinajstić information content (AvgIpc) is 2.75. The average molecular weight is 283 g/mol. The zero-order valence-electron chi connectivity index (χ0n) is 11.2. The van der Waals surface area contributed by atoms with E-state index in [1.807, 2.05) is 0 Å². The normalized spacial score (nSPS) is 27.4. The lowest BCUT2D eigenvalue weighted by molar-refractivity contribution is -0.144. The van der Waals surface area contributed by atoms with Gasteiger partial charge in [0.05, 0.1) is 11.5 Å². The number of aryl methyl sites for hydroxylation is 1. The molecule has 2 rings (SSSR count). The van der Waals surface area contributed by atoms with E-state index >= 15 is 0 Å².